The van der Waals surface area contributed by atoms with Crippen molar-refractivity contribution in [2.24, 2.45) is 0 Å². The molecule has 0 atom stereocenters. The summed E-state index contributed by atoms with van der Waals surface area (Å²) in [6.07, 6.45) is 2.71. The molecule has 0 radical (unpaired) electrons. The zero-order valence-electron chi connectivity index (χ0n) is 6.68. The van der Waals surface area contributed by atoms with Crippen LogP contribution in [-0.2, 0) is 11.2 Å². The first-order chi connectivity index (χ1) is 5.74. The second-order valence-corrected chi connectivity index (χ2v) is 4.42. The summed E-state index contributed by atoms with van der Waals surface area (Å²) in [5, 5.41) is 0. The summed E-state index contributed by atoms with van der Waals surface area (Å²) in [6, 6.07) is 2.05. The van der Waals surface area contributed by atoms with Crippen molar-refractivity contribution >= 4 is 38.5 Å². The lowest BCUT2D eigenvalue weighted by Gasteiger charge is -2.02. The fraction of sp³-hybridized carbons (Fsp3) is 0.375. The summed E-state index contributed by atoms with van der Waals surface area (Å²) in [4.78, 5) is 4.28. The van der Waals surface area contributed by atoms with Crippen molar-refractivity contribution in [3.63, 3.8) is 0 Å². The van der Waals surface area contributed by atoms with Crippen LogP contribution in [-0.4, -0.2) is 18.7 Å². The van der Waals surface area contributed by atoms with Gasteiger partial charge in [-0.25, -0.2) is 0 Å². The van der Waals surface area contributed by atoms with Crippen LogP contribution in [0.25, 0.3) is 0 Å². The van der Waals surface area contributed by atoms with E-state index in [1.165, 1.54) is 0 Å². The van der Waals surface area contributed by atoms with Crippen LogP contribution in [0.5, 0.6) is 0 Å². The van der Waals surface area contributed by atoms with Crippen LogP contribution >= 0.6 is 38.5 Å². The molecule has 1 heterocycles. The zero-order chi connectivity index (χ0) is 8.97. The van der Waals surface area contributed by atoms with E-state index in [1.54, 1.807) is 7.11 Å². The van der Waals surface area contributed by atoms with E-state index in [2.05, 4.69) is 49.6 Å². The summed E-state index contributed by atoms with van der Waals surface area (Å²) < 4.78 is 7.17. The maximum Gasteiger partial charge on any atom is 0.0569 e. The third kappa shape index (κ3) is 2.99. The van der Waals surface area contributed by atoms with E-state index in [-0.39, 0.29) is 0 Å². The molecule has 0 saturated carbocycles. The molecule has 0 aliphatic carbocycles. The van der Waals surface area contributed by atoms with Gasteiger partial charge >= 0.3 is 0 Å². The molecule has 66 valence electrons. The normalized spacial score (nSPS) is 10.2. The largest absolute Gasteiger partial charge is 0.384 e. The fourth-order valence-corrected chi connectivity index (χ4v) is 2.25. The first-order valence-electron chi connectivity index (χ1n) is 3.53. The summed E-state index contributed by atoms with van der Waals surface area (Å²) in [6.45, 7) is 0.714. The number of nitrogens with zero attached hydrogens (tertiary/aromatic N) is 1. The molecule has 0 aromatic carbocycles. The van der Waals surface area contributed by atoms with Gasteiger partial charge in [0.2, 0.25) is 0 Å². The Kier molecular flexibility index (Phi) is 4.45. The minimum absolute atomic E-state index is 0.714. The monoisotopic (exact) mass is 341 g/mol. The van der Waals surface area contributed by atoms with E-state index in [1.807, 2.05) is 6.20 Å². The lowest BCUT2D eigenvalue weighted by Crippen LogP contribution is -1.98. The SMILES string of the molecule is COCCc1ncc(I)cc1Br. The molecule has 0 saturated heterocycles. The number of ether oxygens (including phenoxy) is 1. The maximum absolute atomic E-state index is 4.97. The van der Waals surface area contributed by atoms with Gasteiger partial charge in [0.15, 0.2) is 0 Å². The third-order valence-corrected chi connectivity index (χ3v) is 2.70. The molecule has 0 fully saturated rings. The standard InChI is InChI=1S/C8H9BrINO/c1-12-3-2-8-7(9)4-6(10)5-11-8/h4-5H,2-3H2,1H3. The van der Waals surface area contributed by atoms with Crippen LogP contribution in [0.15, 0.2) is 16.7 Å². The predicted molar refractivity (Wildman–Crippen MR) is 60.2 cm³/mol. The van der Waals surface area contributed by atoms with E-state index < -0.39 is 0 Å². The molecular formula is C8H9BrINO. The maximum atomic E-state index is 4.97. The number of hydrogen-bond donors (Lipinski definition) is 0. The van der Waals surface area contributed by atoms with Crippen molar-refractivity contribution in [3.05, 3.63) is 26.0 Å². The molecule has 0 unspecified atom stereocenters. The third-order valence-electron chi connectivity index (χ3n) is 1.43. The predicted octanol–water partition coefficient (Wildman–Crippen LogP) is 2.64. The summed E-state index contributed by atoms with van der Waals surface area (Å²) >= 11 is 5.69. The molecule has 12 heavy (non-hydrogen) atoms. The molecule has 0 spiro atoms. The molecule has 4 heteroatoms. The molecule has 1 aromatic heterocycles. The lowest BCUT2D eigenvalue weighted by atomic mass is 10.3. The highest BCUT2D eigenvalue weighted by Gasteiger charge is 2.00. The number of rotatable bonds is 3. The van der Waals surface area contributed by atoms with Gasteiger partial charge in [0.05, 0.1) is 12.3 Å². The van der Waals surface area contributed by atoms with Crippen LogP contribution in [0.2, 0.25) is 0 Å². The molecule has 0 aliphatic heterocycles. The van der Waals surface area contributed by atoms with Crippen LogP contribution < -0.4 is 0 Å². The van der Waals surface area contributed by atoms with Gasteiger partial charge in [-0.2, -0.15) is 0 Å². The molecule has 1 aromatic rings. The fourth-order valence-electron chi connectivity index (χ4n) is 0.826. The number of halogens is 2. The Hall–Kier alpha value is 0.320. The highest BCUT2D eigenvalue weighted by Crippen LogP contribution is 2.17. The zero-order valence-corrected chi connectivity index (χ0v) is 10.4. The van der Waals surface area contributed by atoms with Crippen molar-refractivity contribution in [2.75, 3.05) is 13.7 Å². The number of hydrogen-bond acceptors (Lipinski definition) is 2. The molecule has 2 nitrogen and oxygen atoms in total. The summed E-state index contributed by atoms with van der Waals surface area (Å²) in [7, 11) is 1.70. The molecule has 0 amide bonds. The van der Waals surface area contributed by atoms with Crippen molar-refractivity contribution in [3.8, 4) is 0 Å². The summed E-state index contributed by atoms with van der Waals surface area (Å²) in [5.74, 6) is 0. The van der Waals surface area contributed by atoms with Crippen molar-refractivity contribution in [2.45, 2.75) is 6.42 Å². The minimum atomic E-state index is 0.714. The van der Waals surface area contributed by atoms with Crippen LogP contribution in [0.1, 0.15) is 5.69 Å². The first kappa shape index (κ1) is 10.4. The Bertz CT molecular complexity index is 267. The average Bonchev–Trinajstić information content (AvgIpc) is 2.03. The topological polar surface area (TPSA) is 22.1 Å². The van der Waals surface area contributed by atoms with E-state index in [0.29, 0.717) is 6.61 Å². The van der Waals surface area contributed by atoms with E-state index in [9.17, 15) is 0 Å². The molecule has 0 aliphatic rings. The van der Waals surface area contributed by atoms with Gasteiger partial charge in [-0.15, -0.1) is 0 Å². The molecule has 0 N–H and O–H groups in total. The number of methoxy groups -OCH3 is 1. The molecule has 0 bridgehead atoms. The quantitative estimate of drug-likeness (QED) is 0.788. The number of pyridine rings is 1. The first-order valence-corrected chi connectivity index (χ1v) is 5.40. The smallest absolute Gasteiger partial charge is 0.0569 e. The molecular weight excluding hydrogens is 333 g/mol. The summed E-state index contributed by atoms with van der Waals surface area (Å²) in [5.41, 5.74) is 1.05. The highest BCUT2D eigenvalue weighted by molar-refractivity contribution is 14.1. The van der Waals surface area contributed by atoms with Crippen molar-refractivity contribution in [1.29, 1.82) is 0 Å². The van der Waals surface area contributed by atoms with E-state index >= 15 is 0 Å². The van der Waals surface area contributed by atoms with E-state index in [0.717, 1.165) is 20.2 Å². The van der Waals surface area contributed by atoms with Gasteiger partial charge < -0.3 is 4.74 Å². The van der Waals surface area contributed by atoms with Crippen LogP contribution in [0, 0.1) is 3.57 Å². The molecule has 1 rings (SSSR count). The van der Waals surface area contributed by atoms with Crippen molar-refractivity contribution in [1.82, 2.24) is 4.98 Å². The van der Waals surface area contributed by atoms with Crippen molar-refractivity contribution < 1.29 is 4.74 Å². The Morgan fingerprint density at radius 1 is 1.67 bits per heavy atom. The van der Waals surface area contributed by atoms with Crippen LogP contribution in [0.4, 0.5) is 0 Å². The van der Waals surface area contributed by atoms with Gasteiger partial charge in [-0.3, -0.25) is 4.98 Å². The van der Waals surface area contributed by atoms with Gasteiger partial charge in [0.25, 0.3) is 0 Å². The van der Waals surface area contributed by atoms with Gasteiger partial charge in [0.1, 0.15) is 0 Å². The van der Waals surface area contributed by atoms with Gasteiger partial charge in [-0.1, -0.05) is 0 Å². The Balaban J connectivity index is 2.72. The van der Waals surface area contributed by atoms with Crippen LogP contribution in [0.3, 0.4) is 0 Å². The number of aromatic nitrogens is 1. The van der Waals surface area contributed by atoms with E-state index in [4.69, 9.17) is 4.74 Å². The highest BCUT2D eigenvalue weighted by atomic mass is 127. The average molecular weight is 342 g/mol. The van der Waals surface area contributed by atoms with Gasteiger partial charge in [0, 0.05) is 27.8 Å². The second kappa shape index (κ2) is 5.14. The second-order valence-electron chi connectivity index (χ2n) is 2.32. The van der Waals surface area contributed by atoms with Gasteiger partial charge in [-0.05, 0) is 44.6 Å². The Morgan fingerprint density at radius 2 is 2.42 bits per heavy atom. The Morgan fingerprint density at radius 3 is 3.00 bits per heavy atom. The Labute approximate surface area is 94.0 Å². The minimum Gasteiger partial charge on any atom is -0.384 e. The lowest BCUT2D eigenvalue weighted by molar-refractivity contribution is 0.201.